The van der Waals surface area contributed by atoms with Crippen LogP contribution < -0.4 is 0 Å². The van der Waals surface area contributed by atoms with Gasteiger partial charge in [0.15, 0.2) is 0 Å². The normalized spacial score (nSPS) is 12.7. The third-order valence-corrected chi connectivity index (χ3v) is 1.97. The third-order valence-electron chi connectivity index (χ3n) is 1.97. The molecule has 0 atom stereocenters. The van der Waals surface area contributed by atoms with Gasteiger partial charge in [-0.3, -0.25) is 0 Å². The van der Waals surface area contributed by atoms with E-state index in [0.717, 1.165) is 18.4 Å². The van der Waals surface area contributed by atoms with Gasteiger partial charge in [0.05, 0.1) is 0 Å². The molecule has 0 fully saturated rings. The van der Waals surface area contributed by atoms with E-state index in [4.69, 9.17) is 0 Å². The molecule has 0 amide bonds. The molecule has 0 saturated carbocycles. The molecule has 0 spiro atoms. The Morgan fingerprint density at radius 1 is 1.21 bits per heavy atom. The molecule has 0 bridgehead atoms. The smallest absolute Gasteiger partial charge is 0.0115 e. The van der Waals surface area contributed by atoms with E-state index in [1.54, 1.807) is 0 Å². The molecule has 14 heavy (non-hydrogen) atoms. The molecule has 0 aliphatic heterocycles. The van der Waals surface area contributed by atoms with E-state index in [-0.39, 0.29) is 0 Å². The van der Waals surface area contributed by atoms with Crippen LogP contribution in [0.15, 0.2) is 23.3 Å². The second-order valence-corrected chi connectivity index (χ2v) is 4.12. The Hall–Kier alpha value is -0.960. The van der Waals surface area contributed by atoms with Crippen LogP contribution in [0.5, 0.6) is 0 Å². The van der Waals surface area contributed by atoms with E-state index in [9.17, 15) is 0 Å². The number of hydrogen-bond acceptors (Lipinski definition) is 0. The van der Waals surface area contributed by atoms with Crippen molar-refractivity contribution in [3.05, 3.63) is 23.3 Å². The van der Waals surface area contributed by atoms with Gasteiger partial charge in [-0.15, -0.1) is 0 Å². The standard InChI is InChI=1S/C14H22/c1-6-13(4)10-11-14(5)9-7-8-12(2)3/h10-12H,6,8H2,1-5H3/b13-10-,14-11+. The molecule has 0 N–H and O–H groups in total. The van der Waals surface area contributed by atoms with Crippen molar-refractivity contribution in [2.75, 3.05) is 0 Å². The van der Waals surface area contributed by atoms with Crippen LogP contribution in [0.3, 0.4) is 0 Å². The second-order valence-electron chi connectivity index (χ2n) is 4.12. The van der Waals surface area contributed by atoms with Crippen LogP contribution >= 0.6 is 0 Å². The van der Waals surface area contributed by atoms with Gasteiger partial charge in [-0.2, -0.15) is 0 Å². The molecule has 0 heterocycles. The lowest BCUT2D eigenvalue weighted by Crippen LogP contribution is -1.81. The van der Waals surface area contributed by atoms with Crippen molar-refractivity contribution in [1.29, 1.82) is 0 Å². The zero-order valence-corrected chi connectivity index (χ0v) is 10.1. The van der Waals surface area contributed by atoms with Crippen molar-refractivity contribution in [3.63, 3.8) is 0 Å². The summed E-state index contributed by atoms with van der Waals surface area (Å²) >= 11 is 0. The average molecular weight is 190 g/mol. The SMILES string of the molecule is CC/C(C)=C\C=C(/C)C#CCC(C)C. The zero-order valence-electron chi connectivity index (χ0n) is 10.1. The summed E-state index contributed by atoms with van der Waals surface area (Å²) in [6.07, 6.45) is 6.36. The van der Waals surface area contributed by atoms with Crippen molar-refractivity contribution >= 4 is 0 Å². The summed E-state index contributed by atoms with van der Waals surface area (Å²) < 4.78 is 0. The van der Waals surface area contributed by atoms with Gasteiger partial charge in [-0.1, -0.05) is 50.3 Å². The quantitative estimate of drug-likeness (QED) is 0.459. The lowest BCUT2D eigenvalue weighted by atomic mass is 10.1. The Bertz CT molecular complexity index is 266. The fraction of sp³-hybridized carbons (Fsp3) is 0.571. The van der Waals surface area contributed by atoms with E-state index in [1.807, 2.05) is 0 Å². The molecule has 0 aromatic rings. The van der Waals surface area contributed by atoms with Crippen LogP contribution in [0.4, 0.5) is 0 Å². The van der Waals surface area contributed by atoms with Crippen LogP contribution in [-0.2, 0) is 0 Å². The van der Waals surface area contributed by atoms with Gasteiger partial charge < -0.3 is 0 Å². The van der Waals surface area contributed by atoms with Crippen molar-refractivity contribution in [2.24, 2.45) is 5.92 Å². The summed E-state index contributed by atoms with van der Waals surface area (Å²) in [6, 6.07) is 0. The van der Waals surface area contributed by atoms with Crippen LogP contribution in [0.1, 0.15) is 47.5 Å². The predicted octanol–water partition coefficient (Wildman–Crippen LogP) is 4.34. The highest BCUT2D eigenvalue weighted by atomic mass is 13.9. The third kappa shape index (κ3) is 7.68. The van der Waals surface area contributed by atoms with E-state index in [0.29, 0.717) is 5.92 Å². The first kappa shape index (κ1) is 13.0. The number of hydrogen-bond donors (Lipinski definition) is 0. The summed E-state index contributed by atoms with van der Waals surface area (Å²) in [4.78, 5) is 0. The zero-order chi connectivity index (χ0) is 11.0. The highest BCUT2D eigenvalue weighted by Gasteiger charge is 1.86. The van der Waals surface area contributed by atoms with Crippen LogP contribution in [0.25, 0.3) is 0 Å². The van der Waals surface area contributed by atoms with E-state index >= 15 is 0 Å². The first-order valence-corrected chi connectivity index (χ1v) is 5.39. The Balaban J connectivity index is 4.17. The Labute approximate surface area is 89.1 Å². The first-order valence-electron chi connectivity index (χ1n) is 5.39. The topological polar surface area (TPSA) is 0 Å². The van der Waals surface area contributed by atoms with Gasteiger partial charge in [0.25, 0.3) is 0 Å². The van der Waals surface area contributed by atoms with Gasteiger partial charge in [0, 0.05) is 6.42 Å². The highest BCUT2D eigenvalue weighted by molar-refractivity contribution is 5.30. The van der Waals surface area contributed by atoms with Crippen molar-refractivity contribution in [3.8, 4) is 11.8 Å². The van der Waals surface area contributed by atoms with Gasteiger partial charge in [-0.05, 0) is 31.8 Å². The second kappa shape index (κ2) is 7.44. The number of rotatable bonds is 3. The molecule has 0 aromatic carbocycles. The van der Waals surface area contributed by atoms with E-state index in [1.165, 1.54) is 5.57 Å². The minimum absolute atomic E-state index is 0.670. The molecular weight excluding hydrogens is 168 g/mol. The maximum absolute atomic E-state index is 3.18. The first-order chi connectivity index (χ1) is 6.56. The number of allylic oxidation sites excluding steroid dienone is 4. The molecule has 0 aliphatic rings. The lowest BCUT2D eigenvalue weighted by Gasteiger charge is -1.93. The maximum atomic E-state index is 3.18. The highest BCUT2D eigenvalue weighted by Crippen LogP contribution is 2.01. The minimum atomic E-state index is 0.670. The molecule has 0 rings (SSSR count). The molecule has 0 radical (unpaired) electrons. The van der Waals surface area contributed by atoms with Crippen molar-refractivity contribution in [1.82, 2.24) is 0 Å². The summed E-state index contributed by atoms with van der Waals surface area (Å²) in [5.74, 6) is 7.01. The molecule has 78 valence electrons. The molecule has 0 saturated heterocycles. The average Bonchev–Trinajstić information content (AvgIpc) is 2.13. The maximum Gasteiger partial charge on any atom is 0.0115 e. The molecule has 0 heteroatoms. The molecule has 0 nitrogen and oxygen atoms in total. The summed E-state index contributed by atoms with van der Waals surface area (Å²) in [5.41, 5.74) is 2.55. The Morgan fingerprint density at radius 3 is 2.36 bits per heavy atom. The van der Waals surface area contributed by atoms with Crippen molar-refractivity contribution in [2.45, 2.75) is 47.5 Å². The Kier molecular flexibility index (Phi) is 6.93. The van der Waals surface area contributed by atoms with Gasteiger partial charge in [0.1, 0.15) is 0 Å². The fourth-order valence-corrected chi connectivity index (χ4v) is 0.821. The molecule has 0 aromatic heterocycles. The van der Waals surface area contributed by atoms with Gasteiger partial charge in [0.2, 0.25) is 0 Å². The lowest BCUT2D eigenvalue weighted by molar-refractivity contribution is 0.676. The van der Waals surface area contributed by atoms with Crippen LogP contribution in [0.2, 0.25) is 0 Å². The van der Waals surface area contributed by atoms with Gasteiger partial charge in [-0.25, -0.2) is 0 Å². The summed E-state index contributed by atoms with van der Waals surface area (Å²) in [6.45, 7) is 10.8. The van der Waals surface area contributed by atoms with Crippen LogP contribution in [-0.4, -0.2) is 0 Å². The van der Waals surface area contributed by atoms with Gasteiger partial charge >= 0.3 is 0 Å². The molecular formula is C14H22. The molecule has 0 aliphatic carbocycles. The van der Waals surface area contributed by atoms with E-state index < -0.39 is 0 Å². The fourth-order valence-electron chi connectivity index (χ4n) is 0.821. The van der Waals surface area contributed by atoms with Crippen molar-refractivity contribution < 1.29 is 0 Å². The largest absolute Gasteiger partial charge is 0.0980 e. The van der Waals surface area contributed by atoms with E-state index in [2.05, 4.69) is 58.6 Å². The van der Waals surface area contributed by atoms with Crippen LogP contribution in [0, 0.1) is 17.8 Å². The monoisotopic (exact) mass is 190 g/mol. The predicted molar refractivity (Wildman–Crippen MR) is 65.0 cm³/mol. The molecule has 0 unspecified atom stereocenters. The minimum Gasteiger partial charge on any atom is -0.0980 e. The summed E-state index contributed by atoms with van der Waals surface area (Å²) in [5, 5.41) is 0. The Morgan fingerprint density at radius 2 is 1.86 bits per heavy atom. The summed E-state index contributed by atoms with van der Waals surface area (Å²) in [7, 11) is 0.